The van der Waals surface area contributed by atoms with Crippen LogP contribution in [0.25, 0.3) is 0 Å². The zero-order valence-corrected chi connectivity index (χ0v) is 16.5. The van der Waals surface area contributed by atoms with Crippen molar-refractivity contribution in [1.82, 2.24) is 4.83 Å². The molecule has 0 unspecified atom stereocenters. The fraction of sp³-hybridized carbons (Fsp3) is 0.188. The molecule has 0 radical (unpaired) electrons. The third-order valence-electron chi connectivity index (χ3n) is 3.10. The van der Waals surface area contributed by atoms with Crippen LogP contribution < -0.4 is 9.57 Å². The minimum absolute atomic E-state index is 0.124. The number of nitro benzene ring substituents is 1. The van der Waals surface area contributed by atoms with Gasteiger partial charge in [-0.1, -0.05) is 29.3 Å². The molecule has 144 valence electrons. The van der Waals surface area contributed by atoms with Gasteiger partial charge in [0.15, 0.2) is 5.75 Å². The van der Waals surface area contributed by atoms with Gasteiger partial charge in [0.1, 0.15) is 0 Å². The molecule has 0 aromatic heterocycles. The Morgan fingerprint density at radius 2 is 1.85 bits per heavy atom. The lowest BCUT2D eigenvalue weighted by atomic mass is 10.2. The van der Waals surface area contributed by atoms with Gasteiger partial charge in [-0.15, -0.1) is 0 Å². The van der Waals surface area contributed by atoms with Gasteiger partial charge in [0.25, 0.3) is 15.7 Å². The average molecular weight is 432 g/mol. The number of hydrogen-bond acceptors (Lipinski definition) is 6. The normalized spacial score (nSPS) is 11.7. The summed E-state index contributed by atoms with van der Waals surface area (Å²) in [7, 11) is -4.07. The van der Waals surface area contributed by atoms with Gasteiger partial charge in [-0.2, -0.15) is 13.5 Å². The largest absolute Gasteiger partial charge is 0.488 e. The molecule has 2 aromatic rings. The van der Waals surface area contributed by atoms with E-state index < -0.39 is 14.9 Å². The van der Waals surface area contributed by atoms with Crippen LogP contribution in [0, 0.1) is 10.1 Å². The quantitative estimate of drug-likeness (QED) is 0.404. The van der Waals surface area contributed by atoms with E-state index in [2.05, 4.69) is 5.10 Å². The zero-order chi connectivity index (χ0) is 20.2. The Morgan fingerprint density at radius 3 is 2.41 bits per heavy atom. The first kappa shape index (κ1) is 20.9. The number of sulfonamides is 1. The monoisotopic (exact) mass is 431 g/mol. The summed E-state index contributed by atoms with van der Waals surface area (Å²) in [5, 5.41) is 14.9. The van der Waals surface area contributed by atoms with Crippen LogP contribution in [-0.2, 0) is 10.0 Å². The minimum atomic E-state index is -4.07. The summed E-state index contributed by atoms with van der Waals surface area (Å²) >= 11 is 12.2. The second-order valence-electron chi connectivity index (χ2n) is 5.59. The van der Waals surface area contributed by atoms with Gasteiger partial charge in [-0.05, 0) is 37.6 Å². The molecule has 0 heterocycles. The van der Waals surface area contributed by atoms with Gasteiger partial charge in [0.05, 0.1) is 32.2 Å². The Kier molecular flexibility index (Phi) is 6.63. The highest BCUT2D eigenvalue weighted by Gasteiger charge is 2.17. The van der Waals surface area contributed by atoms with Crippen molar-refractivity contribution in [3.63, 3.8) is 0 Å². The highest BCUT2D eigenvalue weighted by molar-refractivity contribution is 7.89. The fourth-order valence-electron chi connectivity index (χ4n) is 1.99. The Labute approximate surface area is 165 Å². The number of nitrogens with one attached hydrogen (secondary N) is 1. The minimum Gasteiger partial charge on any atom is -0.488 e. The van der Waals surface area contributed by atoms with E-state index in [0.717, 1.165) is 6.07 Å². The molecule has 2 aromatic carbocycles. The van der Waals surface area contributed by atoms with Crippen molar-refractivity contribution in [3.05, 3.63) is 62.1 Å². The van der Waals surface area contributed by atoms with Crippen molar-refractivity contribution in [2.45, 2.75) is 24.8 Å². The topological polar surface area (TPSA) is 111 Å². The molecule has 0 saturated heterocycles. The highest BCUT2D eigenvalue weighted by Crippen LogP contribution is 2.34. The number of rotatable bonds is 7. The van der Waals surface area contributed by atoms with Gasteiger partial charge in [0, 0.05) is 12.1 Å². The number of nitro groups is 1. The van der Waals surface area contributed by atoms with Crippen molar-refractivity contribution < 1.29 is 18.1 Å². The molecule has 11 heteroatoms. The number of halogens is 2. The number of nitrogens with zero attached hydrogens (tertiary/aromatic N) is 2. The second-order valence-corrected chi connectivity index (χ2v) is 8.06. The first-order chi connectivity index (χ1) is 12.6. The van der Waals surface area contributed by atoms with Crippen LogP contribution in [0.4, 0.5) is 5.69 Å². The number of hydrogen-bond donors (Lipinski definition) is 1. The maximum absolute atomic E-state index is 12.2. The summed E-state index contributed by atoms with van der Waals surface area (Å²) in [5.74, 6) is 0.322. The molecule has 0 atom stereocenters. The van der Waals surface area contributed by atoms with Crippen molar-refractivity contribution in [1.29, 1.82) is 0 Å². The second kappa shape index (κ2) is 8.55. The molecule has 0 saturated carbocycles. The molecule has 0 fully saturated rings. The van der Waals surface area contributed by atoms with E-state index in [1.54, 1.807) is 0 Å². The number of ether oxygens (including phenoxy) is 1. The maximum Gasteiger partial charge on any atom is 0.276 e. The predicted molar refractivity (Wildman–Crippen MR) is 103 cm³/mol. The molecule has 0 bridgehead atoms. The summed E-state index contributed by atoms with van der Waals surface area (Å²) in [5.41, 5.74) is 0.0870. The van der Waals surface area contributed by atoms with E-state index in [0.29, 0.717) is 11.3 Å². The molecule has 8 nitrogen and oxygen atoms in total. The first-order valence-corrected chi connectivity index (χ1v) is 9.79. The number of non-ortho nitro benzene ring substituents is 1. The lowest BCUT2D eigenvalue weighted by molar-refractivity contribution is -0.385. The molecule has 1 N–H and O–H groups in total. The van der Waals surface area contributed by atoms with E-state index in [4.69, 9.17) is 27.9 Å². The predicted octanol–water partition coefficient (Wildman–Crippen LogP) is 4.00. The van der Waals surface area contributed by atoms with Crippen molar-refractivity contribution >= 4 is 45.1 Å². The molecule has 0 spiro atoms. The van der Waals surface area contributed by atoms with Crippen LogP contribution in [0.2, 0.25) is 10.0 Å². The zero-order valence-electron chi connectivity index (χ0n) is 14.2. The summed E-state index contributed by atoms with van der Waals surface area (Å²) in [6.45, 7) is 3.65. The molecule has 0 aliphatic heterocycles. The molecule has 27 heavy (non-hydrogen) atoms. The summed E-state index contributed by atoms with van der Waals surface area (Å²) in [6.07, 6.45) is 1.08. The van der Waals surface area contributed by atoms with Gasteiger partial charge in [-0.3, -0.25) is 10.1 Å². The third-order valence-corrected chi connectivity index (χ3v) is 4.88. The number of hydrazone groups is 1. The van der Waals surface area contributed by atoms with Crippen LogP contribution in [0.3, 0.4) is 0 Å². The van der Waals surface area contributed by atoms with Gasteiger partial charge in [-0.25, -0.2) is 4.83 Å². The standard InChI is InChI=1S/C16H15Cl2N3O5S/c1-10(2)26-16-14(17)6-11(7-15(16)18)9-19-20-27(24,25)13-5-3-4-12(8-13)21(22)23/h3-10,20H,1-2H3/b19-9+. The van der Waals surface area contributed by atoms with Crippen LogP contribution in [0.1, 0.15) is 19.4 Å². The van der Waals surface area contributed by atoms with Crippen molar-refractivity contribution in [2.75, 3.05) is 0 Å². The summed E-state index contributed by atoms with van der Waals surface area (Å²) in [6, 6.07) is 7.63. The number of benzene rings is 2. The van der Waals surface area contributed by atoms with E-state index in [1.165, 1.54) is 36.5 Å². The summed E-state index contributed by atoms with van der Waals surface area (Å²) in [4.78, 5) is 11.8. The van der Waals surface area contributed by atoms with Crippen LogP contribution in [-0.4, -0.2) is 25.7 Å². The lowest BCUT2D eigenvalue weighted by Crippen LogP contribution is -2.18. The molecule has 0 amide bonds. The van der Waals surface area contributed by atoms with E-state index in [9.17, 15) is 18.5 Å². The highest BCUT2D eigenvalue weighted by atomic mass is 35.5. The Hall–Kier alpha value is -2.36. The third kappa shape index (κ3) is 5.56. The lowest BCUT2D eigenvalue weighted by Gasteiger charge is -2.13. The Balaban J connectivity index is 2.19. The smallest absolute Gasteiger partial charge is 0.276 e. The van der Waals surface area contributed by atoms with Crippen molar-refractivity contribution in [3.8, 4) is 5.75 Å². The van der Waals surface area contributed by atoms with Gasteiger partial charge >= 0.3 is 0 Å². The van der Waals surface area contributed by atoms with E-state index in [-0.39, 0.29) is 26.7 Å². The van der Waals surface area contributed by atoms with Gasteiger partial charge < -0.3 is 4.74 Å². The van der Waals surface area contributed by atoms with Crippen LogP contribution in [0.15, 0.2) is 46.4 Å². The van der Waals surface area contributed by atoms with Crippen molar-refractivity contribution in [2.24, 2.45) is 5.10 Å². The van der Waals surface area contributed by atoms with Crippen LogP contribution >= 0.6 is 23.2 Å². The maximum atomic E-state index is 12.2. The van der Waals surface area contributed by atoms with E-state index >= 15 is 0 Å². The molecule has 2 rings (SSSR count). The molecule has 0 aliphatic carbocycles. The first-order valence-electron chi connectivity index (χ1n) is 7.55. The van der Waals surface area contributed by atoms with E-state index in [1.807, 2.05) is 18.7 Å². The SMILES string of the molecule is CC(C)Oc1c(Cl)cc(/C=N/NS(=O)(=O)c2cccc([N+](=O)[O-])c2)cc1Cl. The average Bonchev–Trinajstić information content (AvgIpc) is 2.58. The Morgan fingerprint density at radius 1 is 1.22 bits per heavy atom. The Bertz CT molecular complexity index is 970. The summed E-state index contributed by atoms with van der Waals surface area (Å²) < 4.78 is 29.9. The molecular formula is C16H15Cl2N3O5S. The fourth-order valence-corrected chi connectivity index (χ4v) is 3.41. The van der Waals surface area contributed by atoms with Gasteiger partial charge in [0.2, 0.25) is 0 Å². The molecular weight excluding hydrogens is 417 g/mol. The van der Waals surface area contributed by atoms with Crippen LogP contribution in [0.5, 0.6) is 5.75 Å². The molecule has 0 aliphatic rings.